The van der Waals surface area contributed by atoms with Crippen LogP contribution in [0.25, 0.3) is 16.7 Å². The zero-order valence-electron chi connectivity index (χ0n) is 14.8. The van der Waals surface area contributed by atoms with Gasteiger partial charge < -0.3 is 0 Å². The van der Waals surface area contributed by atoms with Gasteiger partial charge in [-0.25, -0.2) is 14.6 Å². The van der Waals surface area contributed by atoms with Gasteiger partial charge >= 0.3 is 0 Å². The second-order valence-corrected chi connectivity index (χ2v) is 7.49. The first-order valence-electron chi connectivity index (χ1n) is 8.88. The van der Waals surface area contributed by atoms with E-state index in [2.05, 4.69) is 22.2 Å². The molecule has 2 aromatic heterocycles. The first kappa shape index (κ1) is 18.0. The van der Waals surface area contributed by atoms with Crippen molar-refractivity contribution in [1.82, 2.24) is 19.7 Å². The van der Waals surface area contributed by atoms with Gasteiger partial charge in [0.15, 0.2) is 11.3 Å². The lowest BCUT2D eigenvalue weighted by Crippen LogP contribution is -2.10. The standard InChI is InChI=1S/C20H17Cl2N5/c1-12(15-8-7-14(21)9-16(15)22)27-20-19(17(10-23)26-27)24-11-18(25-20)13-5-3-2-4-6-13/h5,7-9,11-12H,2-4,6H2,1H3/t12-/m1/s1. The summed E-state index contributed by atoms with van der Waals surface area (Å²) in [6.07, 6.45) is 8.40. The van der Waals surface area contributed by atoms with E-state index in [0.29, 0.717) is 21.2 Å². The van der Waals surface area contributed by atoms with Gasteiger partial charge in [-0.3, -0.25) is 0 Å². The smallest absolute Gasteiger partial charge is 0.190 e. The van der Waals surface area contributed by atoms with Gasteiger partial charge in [0.1, 0.15) is 11.6 Å². The zero-order chi connectivity index (χ0) is 19.0. The molecule has 136 valence electrons. The molecule has 1 atom stereocenters. The van der Waals surface area contributed by atoms with Gasteiger partial charge in [0, 0.05) is 10.0 Å². The highest BCUT2D eigenvalue weighted by Gasteiger charge is 2.21. The third kappa shape index (κ3) is 3.31. The number of aromatic nitrogens is 4. The summed E-state index contributed by atoms with van der Waals surface area (Å²) in [5.74, 6) is 0. The van der Waals surface area contributed by atoms with Crippen molar-refractivity contribution in [3.63, 3.8) is 0 Å². The predicted octanol–water partition coefficient (Wildman–Crippen LogP) is 5.57. The Bertz CT molecular complexity index is 1090. The van der Waals surface area contributed by atoms with Crippen molar-refractivity contribution in [1.29, 1.82) is 5.26 Å². The summed E-state index contributed by atoms with van der Waals surface area (Å²) in [6.45, 7) is 1.97. The van der Waals surface area contributed by atoms with Crippen molar-refractivity contribution < 1.29 is 0 Å². The number of fused-ring (bicyclic) bond motifs is 1. The van der Waals surface area contributed by atoms with Crippen LogP contribution < -0.4 is 0 Å². The Morgan fingerprint density at radius 1 is 1.26 bits per heavy atom. The summed E-state index contributed by atoms with van der Waals surface area (Å²) in [6, 6.07) is 7.26. The highest BCUT2D eigenvalue weighted by Crippen LogP contribution is 2.31. The summed E-state index contributed by atoms with van der Waals surface area (Å²) in [4.78, 5) is 9.31. The molecule has 27 heavy (non-hydrogen) atoms. The van der Waals surface area contributed by atoms with Crippen LogP contribution in [0.15, 0.2) is 30.5 Å². The van der Waals surface area contributed by atoms with E-state index in [1.807, 2.05) is 13.0 Å². The number of halogens is 2. The molecule has 0 unspecified atom stereocenters. The Labute approximate surface area is 167 Å². The molecule has 5 nitrogen and oxygen atoms in total. The molecule has 0 spiro atoms. The number of nitrogens with zero attached hydrogens (tertiary/aromatic N) is 5. The quantitative estimate of drug-likeness (QED) is 0.578. The predicted molar refractivity (Wildman–Crippen MR) is 107 cm³/mol. The Balaban J connectivity index is 1.86. The first-order chi connectivity index (χ1) is 13.1. The van der Waals surface area contributed by atoms with Gasteiger partial charge in [-0.2, -0.15) is 10.4 Å². The SMILES string of the molecule is C[C@H](c1ccc(Cl)cc1Cl)n1nc(C#N)c2ncc(C3=CCCCC3)nc21. The fraction of sp³-hybridized carbons (Fsp3) is 0.300. The van der Waals surface area contributed by atoms with E-state index in [0.717, 1.165) is 30.5 Å². The molecule has 2 heterocycles. The molecule has 0 N–H and O–H groups in total. The van der Waals surface area contributed by atoms with Gasteiger partial charge in [-0.1, -0.05) is 35.3 Å². The highest BCUT2D eigenvalue weighted by molar-refractivity contribution is 6.35. The molecule has 0 radical (unpaired) electrons. The minimum Gasteiger partial charge on any atom is -0.247 e. The number of rotatable bonds is 3. The minimum atomic E-state index is -0.218. The highest BCUT2D eigenvalue weighted by atomic mass is 35.5. The minimum absolute atomic E-state index is 0.218. The maximum absolute atomic E-state index is 9.46. The Morgan fingerprint density at radius 3 is 2.81 bits per heavy atom. The summed E-state index contributed by atoms with van der Waals surface area (Å²) in [7, 11) is 0. The van der Waals surface area contributed by atoms with Gasteiger partial charge in [-0.05, 0) is 55.9 Å². The van der Waals surface area contributed by atoms with Crippen LogP contribution in [0.3, 0.4) is 0 Å². The maximum atomic E-state index is 9.46. The maximum Gasteiger partial charge on any atom is 0.190 e. The molecular weight excluding hydrogens is 381 g/mol. The van der Waals surface area contributed by atoms with Crippen molar-refractivity contribution in [2.45, 2.75) is 38.6 Å². The normalized spacial score (nSPS) is 15.4. The zero-order valence-corrected chi connectivity index (χ0v) is 16.3. The molecule has 0 aliphatic heterocycles. The van der Waals surface area contributed by atoms with Gasteiger partial charge in [0.25, 0.3) is 0 Å². The number of hydrogen-bond donors (Lipinski definition) is 0. The van der Waals surface area contributed by atoms with Crippen molar-refractivity contribution >= 4 is 39.9 Å². The van der Waals surface area contributed by atoms with Gasteiger partial charge in [-0.15, -0.1) is 0 Å². The molecule has 0 saturated heterocycles. The molecule has 1 aromatic carbocycles. The van der Waals surface area contributed by atoms with E-state index in [1.54, 1.807) is 23.0 Å². The molecule has 1 aliphatic carbocycles. The van der Waals surface area contributed by atoms with E-state index in [4.69, 9.17) is 28.2 Å². The summed E-state index contributed by atoms with van der Waals surface area (Å²) in [5, 5.41) is 15.0. The number of benzene rings is 1. The van der Waals surface area contributed by atoms with Crippen molar-refractivity contribution in [2.75, 3.05) is 0 Å². The molecule has 7 heteroatoms. The molecule has 0 fully saturated rings. The summed E-state index contributed by atoms with van der Waals surface area (Å²) in [5.41, 5.74) is 4.28. The Morgan fingerprint density at radius 2 is 2.11 bits per heavy atom. The fourth-order valence-corrected chi connectivity index (χ4v) is 4.02. The van der Waals surface area contributed by atoms with E-state index >= 15 is 0 Å². The molecule has 0 amide bonds. The molecule has 0 bridgehead atoms. The van der Waals surface area contributed by atoms with E-state index in [1.165, 1.54) is 12.0 Å². The van der Waals surface area contributed by atoms with Crippen LogP contribution in [0.4, 0.5) is 0 Å². The lowest BCUT2D eigenvalue weighted by Gasteiger charge is -2.16. The Kier molecular flexibility index (Phi) is 4.86. The molecule has 4 rings (SSSR count). The molecule has 1 aliphatic rings. The lowest BCUT2D eigenvalue weighted by molar-refractivity contribution is 0.577. The largest absolute Gasteiger partial charge is 0.247 e. The monoisotopic (exact) mass is 397 g/mol. The second kappa shape index (κ2) is 7.30. The van der Waals surface area contributed by atoms with Crippen molar-refractivity contribution in [3.8, 4) is 6.07 Å². The van der Waals surface area contributed by atoms with Crippen LogP contribution in [0.2, 0.25) is 10.0 Å². The fourth-order valence-electron chi connectivity index (χ4n) is 3.45. The average molecular weight is 398 g/mol. The summed E-state index contributed by atoms with van der Waals surface area (Å²) >= 11 is 12.4. The van der Waals surface area contributed by atoms with Gasteiger partial charge in [0.05, 0.1) is 17.9 Å². The van der Waals surface area contributed by atoms with Crippen LogP contribution in [0.5, 0.6) is 0 Å². The number of nitriles is 1. The van der Waals surface area contributed by atoms with Crippen LogP contribution in [-0.4, -0.2) is 19.7 Å². The van der Waals surface area contributed by atoms with Crippen molar-refractivity contribution in [3.05, 3.63) is 57.5 Å². The van der Waals surface area contributed by atoms with E-state index < -0.39 is 0 Å². The van der Waals surface area contributed by atoms with Crippen LogP contribution in [-0.2, 0) is 0 Å². The van der Waals surface area contributed by atoms with Crippen molar-refractivity contribution in [2.24, 2.45) is 0 Å². The number of hydrogen-bond acceptors (Lipinski definition) is 4. The molecule has 3 aromatic rings. The Hall–Kier alpha value is -2.42. The number of allylic oxidation sites excluding steroid dienone is 2. The molecular formula is C20H17Cl2N5. The summed E-state index contributed by atoms with van der Waals surface area (Å²) < 4.78 is 1.73. The van der Waals surface area contributed by atoms with E-state index in [-0.39, 0.29) is 11.7 Å². The lowest BCUT2D eigenvalue weighted by atomic mass is 9.97. The second-order valence-electron chi connectivity index (χ2n) is 6.65. The van der Waals surface area contributed by atoms with Gasteiger partial charge in [0.2, 0.25) is 0 Å². The van der Waals surface area contributed by atoms with Crippen LogP contribution in [0.1, 0.15) is 55.6 Å². The van der Waals surface area contributed by atoms with Crippen LogP contribution in [0, 0.1) is 11.3 Å². The topological polar surface area (TPSA) is 67.4 Å². The third-order valence-electron chi connectivity index (χ3n) is 4.91. The van der Waals surface area contributed by atoms with E-state index in [9.17, 15) is 5.26 Å². The average Bonchev–Trinajstić information content (AvgIpc) is 3.06. The van der Waals surface area contributed by atoms with Crippen LogP contribution >= 0.6 is 23.2 Å². The third-order valence-corrected chi connectivity index (χ3v) is 5.47. The molecule has 0 saturated carbocycles. The first-order valence-corrected chi connectivity index (χ1v) is 9.64.